The van der Waals surface area contributed by atoms with E-state index in [9.17, 15) is 0 Å². The zero-order chi connectivity index (χ0) is 12.1. The quantitative estimate of drug-likeness (QED) is 0.304. The van der Waals surface area contributed by atoms with Gasteiger partial charge >= 0.3 is 0 Å². The molecule has 4 rings (SSSR count). The Morgan fingerprint density at radius 3 is 2.17 bits per heavy atom. The maximum absolute atomic E-state index is 5.65. The number of terminal acetylenes is 1. The Kier molecular flexibility index (Phi) is 1.71. The van der Waals surface area contributed by atoms with Gasteiger partial charge in [0.25, 0.3) is 0 Å². The smallest absolute Gasteiger partial charge is 0.0327 e. The second-order valence-corrected chi connectivity index (χ2v) is 4.62. The van der Waals surface area contributed by atoms with E-state index in [-0.39, 0.29) is 0 Å². The molecule has 0 aliphatic rings. The largest absolute Gasteiger partial charge is 0.115 e. The molecule has 0 heteroatoms. The van der Waals surface area contributed by atoms with Crippen LogP contribution in [0.1, 0.15) is 5.56 Å². The minimum absolute atomic E-state index is 0.979. The first-order valence-corrected chi connectivity index (χ1v) is 6.01. The van der Waals surface area contributed by atoms with Crippen LogP contribution < -0.4 is 0 Å². The molecule has 0 heterocycles. The molecule has 0 N–H and O–H groups in total. The van der Waals surface area contributed by atoms with Crippen LogP contribution in [-0.4, -0.2) is 0 Å². The standard InChI is InChI=1S/C18H10/c1-2-12-11-15-7-3-5-13-9-10-14-6-4-8-16(12)18(14)17(13)15/h1,3-11H. The first-order valence-electron chi connectivity index (χ1n) is 6.01. The fourth-order valence-corrected chi connectivity index (χ4v) is 2.88. The van der Waals surface area contributed by atoms with Crippen molar-refractivity contribution in [3.05, 3.63) is 60.2 Å². The molecule has 0 amide bonds. The lowest BCUT2D eigenvalue weighted by Crippen LogP contribution is -1.86. The van der Waals surface area contributed by atoms with Gasteiger partial charge in [0.15, 0.2) is 0 Å². The molecule has 0 bridgehead atoms. The number of rotatable bonds is 0. The summed E-state index contributed by atoms with van der Waals surface area (Å²) in [4.78, 5) is 0. The second-order valence-electron chi connectivity index (χ2n) is 4.62. The van der Waals surface area contributed by atoms with Crippen LogP contribution in [0, 0.1) is 12.3 Å². The van der Waals surface area contributed by atoms with Gasteiger partial charge in [-0.25, -0.2) is 0 Å². The Bertz CT molecular complexity index is 923. The van der Waals surface area contributed by atoms with E-state index in [0.29, 0.717) is 0 Å². The number of hydrogen-bond acceptors (Lipinski definition) is 0. The normalized spacial score (nSPS) is 11.3. The Morgan fingerprint density at radius 1 is 0.722 bits per heavy atom. The van der Waals surface area contributed by atoms with E-state index in [1.54, 1.807) is 0 Å². The molecule has 0 aliphatic heterocycles. The van der Waals surface area contributed by atoms with E-state index >= 15 is 0 Å². The summed E-state index contributed by atoms with van der Waals surface area (Å²) in [5.74, 6) is 2.81. The highest BCUT2D eigenvalue weighted by Crippen LogP contribution is 2.35. The molecule has 0 radical (unpaired) electrons. The fourth-order valence-electron chi connectivity index (χ4n) is 2.88. The van der Waals surface area contributed by atoms with Crippen LogP contribution in [0.2, 0.25) is 0 Å². The van der Waals surface area contributed by atoms with Gasteiger partial charge in [-0.1, -0.05) is 54.5 Å². The third kappa shape index (κ3) is 1.06. The highest BCUT2D eigenvalue weighted by atomic mass is 14.1. The maximum atomic E-state index is 5.65. The van der Waals surface area contributed by atoms with Crippen molar-refractivity contribution < 1.29 is 0 Å². The zero-order valence-electron chi connectivity index (χ0n) is 9.77. The molecule has 0 unspecified atom stereocenters. The molecule has 82 valence electrons. The topological polar surface area (TPSA) is 0 Å². The molecular formula is C18H10. The molecule has 0 aliphatic carbocycles. The van der Waals surface area contributed by atoms with Crippen LogP contribution in [0.15, 0.2) is 54.6 Å². The first kappa shape index (κ1) is 9.50. The molecule has 0 atom stereocenters. The summed E-state index contributed by atoms with van der Waals surface area (Å²) < 4.78 is 0. The molecule has 0 spiro atoms. The Labute approximate surface area is 105 Å². The minimum atomic E-state index is 0.979. The lowest BCUT2D eigenvalue weighted by molar-refractivity contribution is 1.75. The van der Waals surface area contributed by atoms with E-state index < -0.39 is 0 Å². The van der Waals surface area contributed by atoms with E-state index in [2.05, 4.69) is 60.5 Å². The molecule has 0 aromatic heterocycles. The van der Waals surface area contributed by atoms with Crippen molar-refractivity contribution in [1.82, 2.24) is 0 Å². The van der Waals surface area contributed by atoms with Gasteiger partial charge in [0.1, 0.15) is 0 Å². The van der Waals surface area contributed by atoms with Crippen molar-refractivity contribution in [2.45, 2.75) is 0 Å². The minimum Gasteiger partial charge on any atom is -0.115 e. The molecule has 0 saturated heterocycles. The van der Waals surface area contributed by atoms with Crippen LogP contribution in [0.4, 0.5) is 0 Å². The van der Waals surface area contributed by atoms with Gasteiger partial charge in [-0.3, -0.25) is 0 Å². The summed E-state index contributed by atoms with van der Waals surface area (Å²) in [5, 5.41) is 7.56. The summed E-state index contributed by atoms with van der Waals surface area (Å²) >= 11 is 0. The Morgan fingerprint density at radius 2 is 1.39 bits per heavy atom. The van der Waals surface area contributed by atoms with E-state index in [1.807, 2.05) is 0 Å². The third-order valence-corrected chi connectivity index (χ3v) is 3.66. The SMILES string of the molecule is C#Cc1cc2cccc3ccc4cccc1c4c32. The second kappa shape index (κ2) is 3.24. The first-order chi connectivity index (χ1) is 8.88. The van der Waals surface area contributed by atoms with Crippen LogP contribution in [0.25, 0.3) is 32.3 Å². The highest BCUT2D eigenvalue weighted by molar-refractivity contribution is 6.24. The van der Waals surface area contributed by atoms with Gasteiger partial charge in [-0.05, 0) is 38.4 Å². The molecular weight excluding hydrogens is 216 g/mol. The highest BCUT2D eigenvalue weighted by Gasteiger charge is 2.09. The van der Waals surface area contributed by atoms with Gasteiger partial charge in [0.2, 0.25) is 0 Å². The van der Waals surface area contributed by atoms with Crippen molar-refractivity contribution in [3.63, 3.8) is 0 Å². The van der Waals surface area contributed by atoms with E-state index in [0.717, 1.165) is 5.56 Å². The molecule has 0 saturated carbocycles. The summed E-state index contributed by atoms with van der Waals surface area (Å²) in [6.07, 6.45) is 5.65. The predicted octanol–water partition coefficient (Wildman–Crippen LogP) is 4.57. The summed E-state index contributed by atoms with van der Waals surface area (Å²) in [7, 11) is 0. The van der Waals surface area contributed by atoms with Crippen molar-refractivity contribution >= 4 is 32.3 Å². The molecule has 4 aromatic rings. The third-order valence-electron chi connectivity index (χ3n) is 3.66. The van der Waals surface area contributed by atoms with Gasteiger partial charge in [-0.2, -0.15) is 0 Å². The van der Waals surface area contributed by atoms with Crippen LogP contribution >= 0.6 is 0 Å². The predicted molar refractivity (Wildman–Crippen MR) is 78.1 cm³/mol. The number of benzene rings is 4. The maximum Gasteiger partial charge on any atom is 0.0327 e. The average Bonchev–Trinajstić information content (AvgIpc) is 2.44. The van der Waals surface area contributed by atoms with E-state index in [4.69, 9.17) is 6.42 Å². The Balaban J connectivity index is 2.48. The summed E-state index contributed by atoms with van der Waals surface area (Å²) in [6.45, 7) is 0. The van der Waals surface area contributed by atoms with Crippen LogP contribution in [0.3, 0.4) is 0 Å². The lowest BCUT2D eigenvalue weighted by atomic mass is 9.91. The van der Waals surface area contributed by atoms with Crippen LogP contribution in [-0.2, 0) is 0 Å². The molecule has 0 fully saturated rings. The van der Waals surface area contributed by atoms with Crippen molar-refractivity contribution in [2.75, 3.05) is 0 Å². The zero-order valence-corrected chi connectivity index (χ0v) is 9.77. The van der Waals surface area contributed by atoms with Crippen molar-refractivity contribution in [3.8, 4) is 12.3 Å². The van der Waals surface area contributed by atoms with Crippen molar-refractivity contribution in [2.24, 2.45) is 0 Å². The van der Waals surface area contributed by atoms with Gasteiger partial charge < -0.3 is 0 Å². The summed E-state index contributed by atoms with van der Waals surface area (Å²) in [6, 6.07) is 19.2. The number of hydrogen-bond donors (Lipinski definition) is 0. The average molecular weight is 226 g/mol. The molecule has 18 heavy (non-hydrogen) atoms. The lowest BCUT2D eigenvalue weighted by Gasteiger charge is -2.11. The summed E-state index contributed by atoms with van der Waals surface area (Å²) in [5.41, 5.74) is 0.979. The Hall–Kier alpha value is -2.52. The van der Waals surface area contributed by atoms with Crippen molar-refractivity contribution in [1.29, 1.82) is 0 Å². The molecule has 0 nitrogen and oxygen atoms in total. The van der Waals surface area contributed by atoms with Gasteiger partial charge in [0, 0.05) is 5.56 Å². The molecule has 4 aromatic carbocycles. The van der Waals surface area contributed by atoms with Gasteiger partial charge in [-0.15, -0.1) is 6.42 Å². The van der Waals surface area contributed by atoms with Gasteiger partial charge in [0.05, 0.1) is 0 Å². The van der Waals surface area contributed by atoms with Crippen LogP contribution in [0.5, 0.6) is 0 Å². The van der Waals surface area contributed by atoms with E-state index in [1.165, 1.54) is 32.3 Å². The fraction of sp³-hybridized carbons (Fsp3) is 0. The monoisotopic (exact) mass is 226 g/mol.